The van der Waals surface area contributed by atoms with Crippen LogP contribution in [0.3, 0.4) is 0 Å². The van der Waals surface area contributed by atoms with E-state index in [-0.39, 0.29) is 18.6 Å². The first-order valence-corrected chi connectivity index (χ1v) is 26.5. The molecule has 0 aromatic heterocycles. The van der Waals surface area contributed by atoms with Crippen LogP contribution in [0.25, 0.3) is 0 Å². The van der Waals surface area contributed by atoms with Crippen molar-refractivity contribution in [3.8, 4) is 0 Å². The normalized spacial score (nSPS) is 22.0. The van der Waals surface area contributed by atoms with Gasteiger partial charge in [-0.05, 0) is 57.4 Å². The van der Waals surface area contributed by atoms with E-state index in [1.165, 1.54) is 38.5 Å². The van der Waals surface area contributed by atoms with Crippen molar-refractivity contribution in [2.24, 2.45) is 0 Å². The third-order valence-electron chi connectivity index (χ3n) is 10.7. The minimum atomic E-state index is -5.38. The molecule has 0 bridgehead atoms. The average Bonchev–Trinajstić information content (AvgIpc) is 3.24. The van der Waals surface area contributed by atoms with E-state index in [1.54, 1.807) is 12.2 Å². The van der Waals surface area contributed by atoms with Crippen LogP contribution in [-0.4, -0.2) is 109 Å². The Morgan fingerprint density at radius 1 is 0.547 bits per heavy atom. The second-order valence-electron chi connectivity index (χ2n) is 16.5. The lowest BCUT2D eigenvalue weighted by Crippen LogP contribution is -2.64. The molecular formula is C45H80O17P2. The van der Waals surface area contributed by atoms with E-state index in [0.717, 1.165) is 83.5 Å². The number of ketones is 1. The predicted octanol–water partition coefficient (Wildman–Crippen LogP) is 7.91. The van der Waals surface area contributed by atoms with Crippen LogP contribution in [0.4, 0.5) is 0 Å². The largest absolute Gasteiger partial charge is 0.472 e. The summed E-state index contributed by atoms with van der Waals surface area (Å²) < 4.78 is 49.3. The molecule has 1 rings (SSSR count). The molecule has 1 aliphatic rings. The third-order valence-corrected chi connectivity index (χ3v) is 12.2. The molecule has 1 aliphatic carbocycles. The zero-order valence-corrected chi connectivity index (χ0v) is 40.0. The summed E-state index contributed by atoms with van der Waals surface area (Å²) in [6.45, 7) is 2.87. The lowest BCUT2D eigenvalue weighted by Gasteiger charge is -2.43. The fraction of sp³-hybridized carbons (Fsp3) is 0.800. The molecule has 17 nitrogen and oxygen atoms in total. The van der Waals surface area contributed by atoms with E-state index in [9.17, 15) is 48.8 Å². The Balaban J connectivity index is 2.63. The summed E-state index contributed by atoms with van der Waals surface area (Å²) in [5.74, 6) is -1.24. The second kappa shape index (κ2) is 36.0. The molecule has 1 saturated carbocycles. The van der Waals surface area contributed by atoms with Crippen LogP contribution in [0.5, 0.6) is 0 Å². The van der Waals surface area contributed by atoms with Gasteiger partial charge in [0.05, 0.1) is 6.61 Å². The smallest absolute Gasteiger partial charge is 0.462 e. The van der Waals surface area contributed by atoms with Crippen LogP contribution < -0.4 is 0 Å². The molecule has 0 aliphatic heterocycles. The third kappa shape index (κ3) is 30.2. The average molecular weight is 955 g/mol. The predicted molar refractivity (Wildman–Crippen MR) is 242 cm³/mol. The van der Waals surface area contributed by atoms with Gasteiger partial charge in [-0.15, -0.1) is 0 Å². The molecule has 0 amide bonds. The number of hydrogen-bond donors (Lipinski definition) is 7. The number of rotatable bonds is 39. The fourth-order valence-electron chi connectivity index (χ4n) is 7.01. The van der Waals surface area contributed by atoms with E-state index >= 15 is 0 Å². The van der Waals surface area contributed by atoms with Crippen molar-refractivity contribution in [2.75, 3.05) is 13.2 Å². The van der Waals surface area contributed by atoms with E-state index in [0.29, 0.717) is 25.7 Å². The summed E-state index contributed by atoms with van der Waals surface area (Å²) in [4.78, 5) is 66.3. The van der Waals surface area contributed by atoms with Crippen LogP contribution in [-0.2, 0) is 46.6 Å². The fourth-order valence-corrected chi connectivity index (χ4v) is 8.55. The molecule has 0 aromatic carbocycles. The van der Waals surface area contributed by atoms with Gasteiger partial charge in [0, 0.05) is 19.3 Å². The van der Waals surface area contributed by atoms with Crippen molar-refractivity contribution in [3.05, 3.63) is 36.5 Å². The first-order chi connectivity index (χ1) is 30.5. The minimum absolute atomic E-state index is 0.0187. The van der Waals surface area contributed by atoms with Gasteiger partial charge in [0.25, 0.3) is 0 Å². The van der Waals surface area contributed by atoms with Crippen molar-refractivity contribution >= 4 is 33.4 Å². The zero-order chi connectivity index (χ0) is 47.6. The first kappa shape index (κ1) is 59.9. The van der Waals surface area contributed by atoms with Gasteiger partial charge in [-0.1, -0.05) is 134 Å². The second-order valence-corrected chi connectivity index (χ2v) is 19.1. The molecule has 5 unspecified atom stereocenters. The van der Waals surface area contributed by atoms with E-state index in [2.05, 4.69) is 36.6 Å². The molecule has 0 aromatic rings. The number of ether oxygens (including phenoxy) is 2. The Labute approximate surface area is 380 Å². The van der Waals surface area contributed by atoms with Crippen LogP contribution >= 0.6 is 15.6 Å². The van der Waals surface area contributed by atoms with E-state index < -0.39 is 83.5 Å². The molecule has 372 valence electrons. The number of phosphoric ester groups is 2. The maximum atomic E-state index is 13.0. The molecule has 0 saturated heterocycles. The molecule has 0 heterocycles. The SMILES string of the molecule is CC/C=C\CCCCCCCCCCCCCC(=O)O[C@H](COC(=O)CCCCCCCC(=O)/C=C/C=C\CCCCC)COP(=O)(O)O[C@H]1C(O)C(O)C(O)[C@@H](OP(=O)(O)O)C1O. The van der Waals surface area contributed by atoms with Gasteiger partial charge in [-0.25, -0.2) is 9.13 Å². The number of aliphatic hydroxyl groups is 4. The van der Waals surface area contributed by atoms with Crippen molar-refractivity contribution in [2.45, 2.75) is 217 Å². The Kier molecular flexibility index (Phi) is 33.7. The Bertz CT molecular complexity index is 1450. The van der Waals surface area contributed by atoms with Gasteiger partial charge in [-0.3, -0.25) is 28.0 Å². The number of unbranched alkanes of at least 4 members (excludes halogenated alkanes) is 18. The number of aliphatic hydroxyl groups excluding tert-OH is 4. The number of carbonyl (C=O) groups is 3. The van der Waals surface area contributed by atoms with E-state index in [1.807, 2.05) is 6.08 Å². The van der Waals surface area contributed by atoms with Crippen molar-refractivity contribution in [3.63, 3.8) is 0 Å². The van der Waals surface area contributed by atoms with Crippen LogP contribution in [0.15, 0.2) is 36.5 Å². The van der Waals surface area contributed by atoms with E-state index in [4.69, 9.17) is 28.3 Å². The van der Waals surface area contributed by atoms with Crippen LogP contribution in [0.2, 0.25) is 0 Å². The highest BCUT2D eigenvalue weighted by atomic mass is 31.2. The van der Waals surface area contributed by atoms with Gasteiger partial charge >= 0.3 is 27.6 Å². The van der Waals surface area contributed by atoms with Crippen molar-refractivity contribution in [1.29, 1.82) is 0 Å². The lowest BCUT2D eigenvalue weighted by molar-refractivity contribution is -0.216. The summed E-state index contributed by atoms with van der Waals surface area (Å²) >= 11 is 0. The highest BCUT2D eigenvalue weighted by Gasteiger charge is 2.54. The molecule has 1 fully saturated rings. The zero-order valence-electron chi connectivity index (χ0n) is 38.2. The molecule has 8 atom stereocenters. The molecule has 64 heavy (non-hydrogen) atoms. The number of esters is 2. The van der Waals surface area contributed by atoms with Gasteiger partial charge in [-0.2, -0.15) is 0 Å². The summed E-state index contributed by atoms with van der Waals surface area (Å²) in [6.07, 6.45) is 19.2. The summed E-state index contributed by atoms with van der Waals surface area (Å²) in [6, 6.07) is 0. The van der Waals surface area contributed by atoms with Gasteiger partial charge in [0.15, 0.2) is 11.9 Å². The minimum Gasteiger partial charge on any atom is -0.462 e. The molecule has 7 N–H and O–H groups in total. The molecule has 0 spiro atoms. The van der Waals surface area contributed by atoms with Gasteiger partial charge in [0.2, 0.25) is 0 Å². The molecular weight excluding hydrogens is 874 g/mol. The first-order valence-electron chi connectivity index (χ1n) is 23.5. The topological polar surface area (TPSA) is 273 Å². The highest BCUT2D eigenvalue weighted by Crippen LogP contribution is 2.49. The molecule has 19 heteroatoms. The van der Waals surface area contributed by atoms with Gasteiger partial charge < -0.3 is 44.6 Å². The standard InChI is InChI=1S/C45H80O17P2/c1-3-5-7-9-11-12-13-14-15-16-17-18-20-24-29-33-39(48)60-37(34-58-38(47)32-28-25-21-23-27-31-36(46)30-26-22-19-10-8-6-4-2)35-59-64(56,57)62-45-42(51)40(49)41(50)44(43(45)52)61-63(53,54)55/h5,7,19,22,26,30,37,40-45,49-52H,3-4,6,8-18,20-21,23-25,27-29,31-35H2,1-2H3,(H,56,57)(H2,53,54,55)/b7-5-,22-19-,30-26+/t37-,40?,41?,42?,43?,44-,45+/m1/s1. The number of carbonyl (C=O) groups excluding carboxylic acids is 3. The monoisotopic (exact) mass is 954 g/mol. The Morgan fingerprint density at radius 2 is 1.05 bits per heavy atom. The number of phosphoric acid groups is 2. The van der Waals surface area contributed by atoms with Gasteiger partial charge in [0.1, 0.15) is 43.2 Å². The van der Waals surface area contributed by atoms with Crippen molar-refractivity contribution < 1.29 is 81.7 Å². The van der Waals surface area contributed by atoms with Crippen LogP contribution in [0, 0.1) is 0 Å². The molecule has 0 radical (unpaired) electrons. The summed E-state index contributed by atoms with van der Waals surface area (Å²) in [5, 5.41) is 41.2. The lowest BCUT2D eigenvalue weighted by atomic mass is 9.85. The maximum Gasteiger partial charge on any atom is 0.472 e. The van der Waals surface area contributed by atoms with Crippen LogP contribution in [0.1, 0.15) is 174 Å². The quantitative estimate of drug-likeness (QED) is 0.00770. The Morgan fingerprint density at radius 3 is 1.61 bits per heavy atom. The summed E-state index contributed by atoms with van der Waals surface area (Å²) in [7, 11) is -10.7. The van der Waals surface area contributed by atoms with Crippen molar-refractivity contribution in [1.82, 2.24) is 0 Å². The number of allylic oxidation sites excluding steroid dienone is 6. The maximum absolute atomic E-state index is 13.0. The Hall–Kier alpha value is -2.11. The number of hydrogen-bond acceptors (Lipinski definition) is 14. The summed E-state index contributed by atoms with van der Waals surface area (Å²) in [5.41, 5.74) is 0. The highest BCUT2D eigenvalue weighted by molar-refractivity contribution is 7.47.